The number of carbonyl (C=O) groups excluding carboxylic acids is 1. The molecule has 0 N–H and O–H groups in total. The standard InChI is InChI=1S/C15H10F3NO2/c1-3-8-4-5-9(16)12(13(8)18)14-10(17)6-7-11(19-14)15(20)21-2/h3-7H,1H2,2H3. The zero-order valence-corrected chi connectivity index (χ0v) is 11.0. The average Bonchev–Trinajstić information content (AvgIpc) is 2.48. The summed E-state index contributed by atoms with van der Waals surface area (Å²) in [4.78, 5) is 15.0. The van der Waals surface area contributed by atoms with Crippen molar-refractivity contribution in [1.29, 1.82) is 0 Å². The van der Waals surface area contributed by atoms with Crippen molar-refractivity contribution in [2.24, 2.45) is 0 Å². The van der Waals surface area contributed by atoms with Crippen LogP contribution in [0.25, 0.3) is 17.3 Å². The van der Waals surface area contributed by atoms with E-state index >= 15 is 0 Å². The summed E-state index contributed by atoms with van der Waals surface area (Å²) in [6.07, 6.45) is 1.17. The van der Waals surface area contributed by atoms with Crippen LogP contribution in [-0.4, -0.2) is 18.1 Å². The van der Waals surface area contributed by atoms with E-state index in [9.17, 15) is 18.0 Å². The minimum Gasteiger partial charge on any atom is -0.464 e. The third-order valence-corrected chi connectivity index (χ3v) is 2.82. The quantitative estimate of drug-likeness (QED) is 0.812. The topological polar surface area (TPSA) is 39.2 Å². The smallest absolute Gasteiger partial charge is 0.356 e. The minimum atomic E-state index is -1.00. The summed E-state index contributed by atoms with van der Waals surface area (Å²) in [7, 11) is 1.12. The van der Waals surface area contributed by atoms with Crippen LogP contribution in [-0.2, 0) is 4.74 Å². The predicted molar refractivity (Wildman–Crippen MR) is 71.0 cm³/mol. The van der Waals surface area contributed by atoms with Gasteiger partial charge in [-0.25, -0.2) is 22.9 Å². The van der Waals surface area contributed by atoms with Crippen molar-refractivity contribution in [1.82, 2.24) is 4.98 Å². The molecule has 0 amide bonds. The first-order valence-corrected chi connectivity index (χ1v) is 5.85. The number of ether oxygens (including phenoxy) is 1. The number of pyridine rings is 1. The number of aromatic nitrogens is 1. The first kappa shape index (κ1) is 14.8. The fourth-order valence-corrected chi connectivity index (χ4v) is 1.78. The van der Waals surface area contributed by atoms with Gasteiger partial charge in [-0.2, -0.15) is 0 Å². The van der Waals surface area contributed by atoms with Gasteiger partial charge >= 0.3 is 5.97 Å². The number of esters is 1. The van der Waals surface area contributed by atoms with E-state index in [0.717, 1.165) is 25.3 Å². The Bertz CT molecular complexity index is 729. The van der Waals surface area contributed by atoms with Crippen molar-refractivity contribution in [3.63, 3.8) is 0 Å². The van der Waals surface area contributed by atoms with Crippen LogP contribution in [0.4, 0.5) is 13.2 Å². The van der Waals surface area contributed by atoms with Crippen LogP contribution in [0.2, 0.25) is 0 Å². The lowest BCUT2D eigenvalue weighted by atomic mass is 10.0. The molecule has 0 unspecified atom stereocenters. The molecule has 21 heavy (non-hydrogen) atoms. The van der Waals surface area contributed by atoms with Gasteiger partial charge in [0.2, 0.25) is 0 Å². The summed E-state index contributed by atoms with van der Waals surface area (Å²) in [6, 6.07) is 4.11. The van der Waals surface area contributed by atoms with Crippen LogP contribution < -0.4 is 0 Å². The molecule has 108 valence electrons. The fourth-order valence-electron chi connectivity index (χ4n) is 1.78. The SMILES string of the molecule is C=Cc1ccc(F)c(-c2nc(C(=O)OC)ccc2F)c1F. The van der Waals surface area contributed by atoms with Gasteiger partial charge in [0, 0.05) is 5.56 Å². The summed E-state index contributed by atoms with van der Waals surface area (Å²) >= 11 is 0. The van der Waals surface area contributed by atoms with Crippen LogP contribution in [0, 0.1) is 17.5 Å². The van der Waals surface area contributed by atoms with Gasteiger partial charge in [-0.3, -0.25) is 0 Å². The van der Waals surface area contributed by atoms with Crippen LogP contribution in [0.5, 0.6) is 0 Å². The third-order valence-electron chi connectivity index (χ3n) is 2.82. The second-order valence-corrected chi connectivity index (χ2v) is 4.05. The normalized spacial score (nSPS) is 10.3. The molecule has 0 bridgehead atoms. The van der Waals surface area contributed by atoms with Crippen LogP contribution >= 0.6 is 0 Å². The first-order valence-electron chi connectivity index (χ1n) is 5.85. The molecule has 2 aromatic rings. The monoisotopic (exact) mass is 293 g/mol. The minimum absolute atomic E-state index is 0.00364. The highest BCUT2D eigenvalue weighted by Crippen LogP contribution is 2.29. The molecule has 6 heteroatoms. The summed E-state index contributed by atoms with van der Waals surface area (Å²) in [6.45, 7) is 3.39. The molecule has 3 nitrogen and oxygen atoms in total. The maximum absolute atomic E-state index is 14.2. The molecule has 1 aromatic heterocycles. The Hall–Kier alpha value is -2.63. The largest absolute Gasteiger partial charge is 0.464 e. The van der Waals surface area contributed by atoms with Crippen LogP contribution in [0.3, 0.4) is 0 Å². The maximum atomic E-state index is 14.2. The van der Waals surface area contributed by atoms with Crippen molar-refractivity contribution < 1.29 is 22.7 Å². The third kappa shape index (κ3) is 2.65. The molecule has 1 heterocycles. The van der Waals surface area contributed by atoms with E-state index in [2.05, 4.69) is 16.3 Å². The Morgan fingerprint density at radius 3 is 2.48 bits per heavy atom. The number of hydrogen-bond acceptors (Lipinski definition) is 3. The van der Waals surface area contributed by atoms with E-state index in [4.69, 9.17) is 0 Å². The highest BCUT2D eigenvalue weighted by atomic mass is 19.1. The molecular weight excluding hydrogens is 283 g/mol. The number of methoxy groups -OCH3 is 1. The molecule has 0 radical (unpaired) electrons. The Labute approximate surface area is 118 Å². The van der Waals surface area contributed by atoms with Gasteiger partial charge in [0.05, 0.1) is 12.7 Å². The molecule has 1 aromatic carbocycles. The van der Waals surface area contributed by atoms with Crippen molar-refractivity contribution in [3.8, 4) is 11.3 Å². The number of benzene rings is 1. The first-order chi connectivity index (χ1) is 9.99. The average molecular weight is 293 g/mol. The number of nitrogens with zero attached hydrogens (tertiary/aromatic N) is 1. The maximum Gasteiger partial charge on any atom is 0.356 e. The molecule has 0 saturated carbocycles. The number of rotatable bonds is 3. The van der Waals surface area contributed by atoms with Gasteiger partial charge in [0.1, 0.15) is 28.8 Å². The Kier molecular flexibility index (Phi) is 4.07. The zero-order chi connectivity index (χ0) is 15.6. The molecule has 0 saturated heterocycles. The molecule has 0 aliphatic heterocycles. The van der Waals surface area contributed by atoms with Crippen LogP contribution in [0.15, 0.2) is 30.8 Å². The lowest BCUT2D eigenvalue weighted by Crippen LogP contribution is -2.07. The molecule has 0 atom stereocenters. The van der Waals surface area contributed by atoms with E-state index in [-0.39, 0.29) is 11.3 Å². The van der Waals surface area contributed by atoms with Gasteiger partial charge in [-0.15, -0.1) is 0 Å². The van der Waals surface area contributed by atoms with Gasteiger partial charge in [-0.05, 0) is 24.3 Å². The van der Waals surface area contributed by atoms with E-state index in [0.29, 0.717) is 0 Å². The Morgan fingerprint density at radius 1 is 1.19 bits per heavy atom. The molecule has 0 aliphatic carbocycles. The van der Waals surface area contributed by atoms with Gasteiger partial charge < -0.3 is 4.74 Å². The van der Waals surface area contributed by atoms with Gasteiger partial charge in [0.25, 0.3) is 0 Å². The van der Waals surface area contributed by atoms with Gasteiger partial charge in [0.15, 0.2) is 0 Å². The zero-order valence-electron chi connectivity index (χ0n) is 11.0. The predicted octanol–water partition coefficient (Wildman–Crippen LogP) is 3.60. The van der Waals surface area contributed by atoms with Gasteiger partial charge in [-0.1, -0.05) is 12.7 Å². The summed E-state index contributed by atoms with van der Waals surface area (Å²) < 4.78 is 46.3. The van der Waals surface area contributed by atoms with E-state index in [1.54, 1.807) is 0 Å². The molecular formula is C15H10F3NO2. The lowest BCUT2D eigenvalue weighted by molar-refractivity contribution is 0.0594. The number of hydrogen-bond donors (Lipinski definition) is 0. The number of carbonyl (C=O) groups is 1. The molecule has 0 fully saturated rings. The van der Waals surface area contributed by atoms with E-state index in [1.807, 2.05) is 0 Å². The summed E-state index contributed by atoms with van der Waals surface area (Å²) in [5, 5.41) is 0. The molecule has 0 spiro atoms. The van der Waals surface area contributed by atoms with Crippen molar-refractivity contribution in [2.75, 3.05) is 7.11 Å². The Morgan fingerprint density at radius 2 is 1.86 bits per heavy atom. The second kappa shape index (κ2) is 5.78. The summed E-state index contributed by atoms with van der Waals surface area (Å²) in [5.41, 5.74) is -1.51. The van der Waals surface area contributed by atoms with Crippen molar-refractivity contribution in [3.05, 3.63) is 59.6 Å². The van der Waals surface area contributed by atoms with E-state index < -0.39 is 34.7 Å². The number of halogens is 3. The lowest BCUT2D eigenvalue weighted by Gasteiger charge is -2.09. The highest BCUT2D eigenvalue weighted by Gasteiger charge is 2.21. The fraction of sp³-hybridized carbons (Fsp3) is 0.0667. The van der Waals surface area contributed by atoms with E-state index in [1.165, 1.54) is 12.1 Å². The summed E-state index contributed by atoms with van der Waals surface area (Å²) in [5.74, 6) is -3.79. The highest BCUT2D eigenvalue weighted by molar-refractivity contribution is 5.88. The van der Waals surface area contributed by atoms with Crippen molar-refractivity contribution >= 4 is 12.0 Å². The molecule has 2 rings (SSSR count). The van der Waals surface area contributed by atoms with Crippen molar-refractivity contribution in [2.45, 2.75) is 0 Å². The second-order valence-electron chi connectivity index (χ2n) is 4.05. The molecule has 0 aliphatic rings. The Balaban J connectivity index is 2.72. The van der Waals surface area contributed by atoms with Crippen LogP contribution in [0.1, 0.15) is 16.1 Å².